The molecule has 11 aromatic carbocycles. The zero-order chi connectivity index (χ0) is 79.8. The predicted molar refractivity (Wildman–Crippen MR) is 290 cm³/mol. The number of para-hydroxylation sites is 1. The Balaban J connectivity index is 1.28. The number of rotatable bonds is 8. The predicted octanol–water partition coefficient (Wildman–Crippen LogP) is 18.0. The van der Waals surface area contributed by atoms with Crippen molar-refractivity contribution in [2.75, 3.05) is 4.90 Å². The van der Waals surface area contributed by atoms with Crippen molar-refractivity contribution in [3.05, 3.63) is 293 Å². The molecule has 0 heterocycles. The summed E-state index contributed by atoms with van der Waals surface area (Å²) in [5.74, 6) is 0. The summed E-state index contributed by atoms with van der Waals surface area (Å²) in [6.45, 7) is -7.47. The van der Waals surface area contributed by atoms with Crippen molar-refractivity contribution < 1.29 is 53.5 Å². The quantitative estimate of drug-likeness (QED) is 0.147. The normalized spacial score (nSPS) is 23.3. The van der Waals surface area contributed by atoms with Crippen molar-refractivity contribution >= 4 is 27.8 Å². The van der Waals surface area contributed by atoms with E-state index in [0.717, 1.165) is 60.7 Å². The summed E-state index contributed by atoms with van der Waals surface area (Å²) in [6, 6.07) is -25.2. The SMILES string of the molecule is [2H]c1cc(C2(c3cc([2H])c([2H])c([2H])c3[2H])c3c([2H])c([2H])c([2H])c([2H])c3-c3c([2H])c([2H])c(N(c4c(-c5c([2H])c([2H])c([2H])c([2H])c5[2H])ccc([2H])c4[2H])c4c([2H])c([2H])c(-c5c([2H])c([2H])c6c([2H])c([2H])ccc6c5-c5c([2H])c([2H])c([2H])c6c5-c5c([2H])cccc5C6(C([2H])([2H])[2H])C([2H])([2H])[2H])c([2H])c4[2H])c([2H])c32)cc([2H])c1[2H]. The minimum absolute atomic E-state index is 0.386. The van der Waals surface area contributed by atoms with Crippen LogP contribution in [0.2, 0.25) is 0 Å². The van der Waals surface area contributed by atoms with E-state index in [0.29, 0.717) is 4.90 Å². The number of benzene rings is 11. The molecule has 0 radical (unpaired) electrons. The standard InChI is InChI=1S/C68H49N/c1-67(2)60-33-17-15-31-58(60)66-59(32-20-35-62(66)67)65-54-29-13-12-23-47(54)39-43-55(65)48-37-40-51(41-38-48)69(64-36-19-16-28-53(64)46-21-6-3-7-22-46)52-42-44-57-56-30-14-18-34-61(56)68(63(57)45-52,49-24-8-4-9-25-49)50-26-10-5-11-27-50/h3-45H,1-2H3/i1D3,2D3,3D,4D,5D,6D,7D,8D,9D,10D,11D,12D,14D,18D,19D,20D,21D,22D,23D,24D,30D,31D,32D,34D,35D,36D,37D,38D,39D,40D,41D,42D,43D,44D,45D. The van der Waals surface area contributed by atoms with Crippen molar-refractivity contribution in [3.8, 4) is 55.6 Å². The smallest absolute Gasteiger partial charge is 0.0714 e. The lowest BCUT2D eigenvalue weighted by Gasteiger charge is -2.35. The molecule has 326 valence electrons. The Morgan fingerprint density at radius 1 is 0.377 bits per heavy atom. The molecule has 0 aliphatic heterocycles. The summed E-state index contributed by atoms with van der Waals surface area (Å²) in [7, 11) is 0. The van der Waals surface area contributed by atoms with Gasteiger partial charge in [-0.2, -0.15) is 0 Å². The summed E-state index contributed by atoms with van der Waals surface area (Å²) in [6.07, 6.45) is 0. The van der Waals surface area contributed by atoms with E-state index in [1.54, 1.807) is 0 Å². The molecule has 2 aliphatic rings. The first-order chi connectivity index (χ1) is 50.2. The highest BCUT2D eigenvalue weighted by atomic mass is 15.1. The highest BCUT2D eigenvalue weighted by Gasteiger charge is 2.46. The molecule has 0 spiro atoms. The van der Waals surface area contributed by atoms with Gasteiger partial charge >= 0.3 is 0 Å². The van der Waals surface area contributed by atoms with E-state index in [2.05, 4.69) is 0 Å². The number of fused-ring (bicyclic) bond motifs is 7. The first kappa shape index (κ1) is 17.2. The molecule has 11 aromatic rings. The first-order valence-corrected chi connectivity index (χ1v) is 21.0. The topological polar surface area (TPSA) is 3.24 Å². The van der Waals surface area contributed by atoms with E-state index >= 15 is 0 Å². The van der Waals surface area contributed by atoms with Gasteiger partial charge in [-0.15, -0.1) is 0 Å². The van der Waals surface area contributed by atoms with Crippen molar-refractivity contribution in [1.82, 2.24) is 0 Å². The molecule has 69 heavy (non-hydrogen) atoms. The zero-order valence-corrected chi connectivity index (χ0v) is 35.2. The van der Waals surface area contributed by atoms with E-state index < -0.39 is 341 Å². The number of anilines is 3. The summed E-state index contributed by atoms with van der Waals surface area (Å²) in [5, 5.41) is -1.12. The van der Waals surface area contributed by atoms with Crippen molar-refractivity contribution in [2.24, 2.45) is 0 Å². The van der Waals surface area contributed by atoms with Gasteiger partial charge in [0.1, 0.15) is 0 Å². The van der Waals surface area contributed by atoms with Gasteiger partial charge in [-0.3, -0.25) is 0 Å². The van der Waals surface area contributed by atoms with Crippen LogP contribution in [0.25, 0.3) is 66.4 Å². The number of hydrogen-bond donors (Lipinski definition) is 0. The van der Waals surface area contributed by atoms with Crippen LogP contribution < -0.4 is 4.90 Å². The Hall–Kier alpha value is -8.52. The Labute approximate surface area is 460 Å². The molecule has 0 amide bonds. The van der Waals surface area contributed by atoms with Crippen LogP contribution in [-0.2, 0) is 10.8 Å². The third kappa shape index (κ3) is 6.24. The minimum Gasteiger partial charge on any atom is -0.310 e. The molecule has 0 saturated heterocycles. The van der Waals surface area contributed by atoms with Crippen LogP contribution in [0.4, 0.5) is 17.1 Å². The molecule has 0 fully saturated rings. The third-order valence-electron chi connectivity index (χ3n) is 12.2. The van der Waals surface area contributed by atoms with E-state index in [1.807, 2.05) is 0 Å². The van der Waals surface area contributed by atoms with Crippen LogP contribution in [0.5, 0.6) is 0 Å². The first-order valence-electron chi connectivity index (χ1n) is 40.5. The molecular weight excluding hydrogens is 831 g/mol. The molecule has 0 saturated carbocycles. The summed E-state index contributed by atoms with van der Waals surface area (Å²) >= 11 is 0. The minimum atomic E-state index is -3.74. The third-order valence-corrected chi connectivity index (χ3v) is 12.2. The Morgan fingerprint density at radius 3 is 1.93 bits per heavy atom. The second-order valence-electron chi connectivity index (χ2n) is 15.7. The average molecular weight is 919 g/mol. The fourth-order valence-corrected chi connectivity index (χ4v) is 9.31. The fourth-order valence-electron chi connectivity index (χ4n) is 9.31. The molecule has 1 nitrogen and oxygen atoms in total. The van der Waals surface area contributed by atoms with Crippen LogP contribution in [0.3, 0.4) is 0 Å². The highest BCUT2D eigenvalue weighted by molar-refractivity contribution is 6.09. The van der Waals surface area contributed by atoms with E-state index in [4.69, 9.17) is 24.7 Å². The maximum atomic E-state index is 10.9. The lowest BCUT2D eigenvalue weighted by Crippen LogP contribution is -2.28. The van der Waals surface area contributed by atoms with Gasteiger partial charge in [-0.1, -0.05) is 244 Å². The maximum absolute atomic E-state index is 10.9. The Kier molecular flexibility index (Phi) is 4.01. The Morgan fingerprint density at radius 2 is 1.06 bits per heavy atom. The van der Waals surface area contributed by atoms with E-state index in [9.17, 15) is 28.8 Å². The molecule has 0 N–H and O–H groups in total. The fraction of sp³-hybridized carbons (Fsp3) is 0.0588. The maximum Gasteiger partial charge on any atom is 0.0714 e. The van der Waals surface area contributed by atoms with Gasteiger partial charge in [0.05, 0.1) is 56.3 Å². The van der Waals surface area contributed by atoms with Gasteiger partial charge in [-0.25, -0.2) is 0 Å². The highest BCUT2D eigenvalue weighted by Crippen LogP contribution is 2.58. The van der Waals surface area contributed by atoms with Gasteiger partial charge in [0.15, 0.2) is 0 Å². The lowest BCUT2D eigenvalue weighted by molar-refractivity contribution is 0.660. The van der Waals surface area contributed by atoms with Gasteiger partial charge in [0.25, 0.3) is 0 Å². The van der Waals surface area contributed by atoms with Gasteiger partial charge in [0, 0.05) is 30.6 Å². The molecule has 1 unspecified atom stereocenters. The van der Waals surface area contributed by atoms with Crippen molar-refractivity contribution in [2.45, 2.75) is 24.5 Å². The van der Waals surface area contributed by atoms with Crippen LogP contribution >= 0.6 is 0 Å². The molecule has 1 atom stereocenters. The second kappa shape index (κ2) is 16.1. The van der Waals surface area contributed by atoms with E-state index in [-0.39, 0.29) is 0 Å². The average Bonchev–Trinajstić information content (AvgIpc) is 1.49. The van der Waals surface area contributed by atoms with Crippen LogP contribution in [0.15, 0.2) is 260 Å². The summed E-state index contributed by atoms with van der Waals surface area (Å²) in [4.78, 5) is 0.386. The summed E-state index contributed by atoms with van der Waals surface area (Å²) in [5.41, 5.74) is -22.7. The van der Waals surface area contributed by atoms with Crippen molar-refractivity contribution in [3.63, 3.8) is 0 Å². The lowest BCUT2D eigenvalue weighted by atomic mass is 9.67. The number of nitrogens with zero attached hydrogens (tertiary/aromatic N) is 1. The van der Waals surface area contributed by atoms with Gasteiger partial charge in [0.2, 0.25) is 0 Å². The van der Waals surface area contributed by atoms with Crippen LogP contribution in [0, 0.1) is 0 Å². The van der Waals surface area contributed by atoms with Gasteiger partial charge in [-0.05, 0) is 124 Å². The Bertz CT molecular complexity index is 5880. The number of hydrogen-bond acceptors (Lipinski definition) is 1. The zero-order valence-electron chi connectivity index (χ0n) is 74.2. The molecule has 13 rings (SSSR count). The molecule has 2 aliphatic carbocycles. The summed E-state index contributed by atoms with van der Waals surface area (Å²) < 4.78 is 368. The largest absolute Gasteiger partial charge is 0.310 e. The van der Waals surface area contributed by atoms with Crippen LogP contribution in [-0.4, -0.2) is 0 Å². The second-order valence-corrected chi connectivity index (χ2v) is 15.7. The van der Waals surface area contributed by atoms with Gasteiger partial charge < -0.3 is 4.90 Å². The molecular formula is C68H49N. The monoisotopic (exact) mass is 919 g/mol. The molecule has 0 aromatic heterocycles. The van der Waals surface area contributed by atoms with Crippen molar-refractivity contribution in [1.29, 1.82) is 0 Å². The van der Waals surface area contributed by atoms with E-state index in [1.165, 1.54) is 0 Å². The van der Waals surface area contributed by atoms with Crippen LogP contribution in [0.1, 0.15) is 101 Å². The molecule has 0 bridgehead atoms. The molecule has 1 heteroatoms.